The molecule has 0 spiro atoms. The maximum atomic E-state index is 12.3. The molecule has 6 nitrogen and oxygen atoms in total. The van der Waals surface area contributed by atoms with Crippen molar-refractivity contribution in [2.75, 3.05) is 26.2 Å². The lowest BCUT2D eigenvalue weighted by atomic mass is 10.0. The molecule has 8 heteroatoms. The molecule has 1 aromatic carbocycles. The normalized spacial score (nSPS) is 14.7. The number of benzene rings is 1. The first kappa shape index (κ1) is 29.4. The van der Waals surface area contributed by atoms with Crippen molar-refractivity contribution in [1.29, 1.82) is 0 Å². The smallest absolute Gasteiger partial charge is 0.255 e. The number of likely N-dealkylation sites (tertiary alicyclic amines) is 1. The lowest BCUT2D eigenvalue weighted by Gasteiger charge is -2.26. The Kier molecular flexibility index (Phi) is 14.4. The minimum Gasteiger partial charge on any atom is -0.494 e. The largest absolute Gasteiger partial charge is 0.494 e. The fourth-order valence-electron chi connectivity index (χ4n) is 4.31. The van der Waals surface area contributed by atoms with E-state index < -0.39 is 0 Å². The van der Waals surface area contributed by atoms with Gasteiger partial charge in [-0.25, -0.2) is 4.98 Å². The van der Waals surface area contributed by atoms with Crippen molar-refractivity contribution >= 4 is 24.8 Å². The number of nitrogens with one attached hydrogen (secondary N) is 2. The minimum absolute atomic E-state index is 0. The molecule has 0 amide bonds. The summed E-state index contributed by atoms with van der Waals surface area (Å²) in [5, 5.41) is 3.56. The molecule has 2 aromatic rings. The number of hydrogen-bond donors (Lipinski definition) is 2. The summed E-state index contributed by atoms with van der Waals surface area (Å²) in [7, 11) is 0. The zero-order valence-electron chi connectivity index (χ0n) is 20.0. The lowest BCUT2D eigenvalue weighted by Crippen LogP contribution is -2.30. The second kappa shape index (κ2) is 16.1. The van der Waals surface area contributed by atoms with Crippen LogP contribution in [0.5, 0.6) is 5.75 Å². The Morgan fingerprint density at radius 3 is 2.70 bits per heavy atom. The van der Waals surface area contributed by atoms with Gasteiger partial charge in [-0.15, -0.1) is 24.8 Å². The Labute approximate surface area is 210 Å². The number of aromatic nitrogens is 2. The first-order chi connectivity index (χ1) is 15.2. The van der Waals surface area contributed by atoms with E-state index >= 15 is 0 Å². The highest BCUT2D eigenvalue weighted by molar-refractivity contribution is 5.85. The van der Waals surface area contributed by atoms with Crippen molar-refractivity contribution in [2.24, 2.45) is 0 Å². The van der Waals surface area contributed by atoms with Gasteiger partial charge >= 0.3 is 0 Å². The number of rotatable bonds is 12. The fourth-order valence-corrected chi connectivity index (χ4v) is 4.31. The molecule has 0 saturated carbocycles. The van der Waals surface area contributed by atoms with Gasteiger partial charge in [0.2, 0.25) is 0 Å². The molecule has 1 aliphatic rings. The van der Waals surface area contributed by atoms with E-state index in [9.17, 15) is 4.79 Å². The van der Waals surface area contributed by atoms with Gasteiger partial charge in [0.05, 0.1) is 18.5 Å². The van der Waals surface area contributed by atoms with Crippen LogP contribution in [0.1, 0.15) is 74.7 Å². The summed E-state index contributed by atoms with van der Waals surface area (Å²) < 4.78 is 6.01. The highest BCUT2D eigenvalue weighted by Crippen LogP contribution is 2.19. The van der Waals surface area contributed by atoms with Crippen LogP contribution in [-0.4, -0.2) is 41.1 Å². The van der Waals surface area contributed by atoms with Gasteiger partial charge in [-0.3, -0.25) is 9.69 Å². The van der Waals surface area contributed by atoms with Gasteiger partial charge in [-0.05, 0) is 69.9 Å². The molecule has 1 saturated heterocycles. The maximum absolute atomic E-state index is 12.3. The molecule has 1 unspecified atom stereocenters. The molecule has 2 heterocycles. The Balaban J connectivity index is 0.00000272. The van der Waals surface area contributed by atoms with Crippen molar-refractivity contribution in [2.45, 2.75) is 71.4 Å². The fraction of sp³-hybridized carbons (Fsp3) is 0.600. The van der Waals surface area contributed by atoms with E-state index in [1.165, 1.54) is 44.2 Å². The van der Waals surface area contributed by atoms with Crippen molar-refractivity contribution in [1.82, 2.24) is 20.2 Å². The quantitative estimate of drug-likeness (QED) is 0.393. The molecule has 1 aromatic heterocycles. The number of aryl methyl sites for hydroxylation is 1. The van der Waals surface area contributed by atoms with Crippen molar-refractivity contribution < 1.29 is 4.74 Å². The van der Waals surface area contributed by atoms with Crippen LogP contribution in [0.3, 0.4) is 0 Å². The van der Waals surface area contributed by atoms with E-state index in [0.29, 0.717) is 6.61 Å². The average Bonchev–Trinajstić information content (AvgIpc) is 2.77. The summed E-state index contributed by atoms with van der Waals surface area (Å²) in [4.78, 5) is 21.9. The SMILES string of the molecule is CCCCC(NCCCOc1cccc(CN2CCCCC2)c1)c1c(C)nc[nH]c1=O.Cl.Cl. The first-order valence-corrected chi connectivity index (χ1v) is 11.9. The van der Waals surface area contributed by atoms with Crippen LogP contribution in [0.15, 0.2) is 35.4 Å². The summed E-state index contributed by atoms with van der Waals surface area (Å²) in [6.45, 7) is 8.95. The molecule has 33 heavy (non-hydrogen) atoms. The van der Waals surface area contributed by atoms with E-state index in [4.69, 9.17) is 4.74 Å². The number of hydrogen-bond acceptors (Lipinski definition) is 5. The molecule has 0 radical (unpaired) electrons. The number of nitrogens with zero attached hydrogens (tertiary/aromatic N) is 2. The zero-order chi connectivity index (χ0) is 21.9. The van der Waals surface area contributed by atoms with Crippen molar-refractivity contribution in [3.63, 3.8) is 0 Å². The molecular weight excluding hydrogens is 459 g/mol. The van der Waals surface area contributed by atoms with Crippen LogP contribution >= 0.6 is 24.8 Å². The summed E-state index contributed by atoms with van der Waals surface area (Å²) in [5.74, 6) is 0.941. The van der Waals surface area contributed by atoms with Gasteiger partial charge in [-0.2, -0.15) is 0 Å². The molecule has 3 rings (SSSR count). The van der Waals surface area contributed by atoms with Crippen molar-refractivity contribution in [3.05, 3.63) is 57.8 Å². The predicted molar refractivity (Wildman–Crippen MR) is 140 cm³/mol. The van der Waals surface area contributed by atoms with E-state index in [0.717, 1.165) is 55.8 Å². The third kappa shape index (κ3) is 9.65. The van der Waals surface area contributed by atoms with Crippen molar-refractivity contribution in [3.8, 4) is 5.75 Å². The highest BCUT2D eigenvalue weighted by Gasteiger charge is 2.17. The van der Waals surface area contributed by atoms with Gasteiger partial charge in [0.25, 0.3) is 5.56 Å². The average molecular weight is 500 g/mol. The van der Waals surface area contributed by atoms with Gasteiger partial charge in [0.1, 0.15) is 5.75 Å². The zero-order valence-corrected chi connectivity index (χ0v) is 21.6. The van der Waals surface area contributed by atoms with E-state index in [-0.39, 0.29) is 36.4 Å². The van der Waals surface area contributed by atoms with Crippen LogP contribution in [-0.2, 0) is 6.54 Å². The van der Waals surface area contributed by atoms with E-state index in [2.05, 4.69) is 45.3 Å². The van der Waals surface area contributed by atoms with Crippen LogP contribution in [0.25, 0.3) is 0 Å². The first-order valence-electron chi connectivity index (χ1n) is 11.9. The Morgan fingerprint density at radius 1 is 1.18 bits per heavy atom. The van der Waals surface area contributed by atoms with Crippen LogP contribution in [0.4, 0.5) is 0 Å². The van der Waals surface area contributed by atoms with Gasteiger partial charge in [-0.1, -0.05) is 38.3 Å². The monoisotopic (exact) mass is 498 g/mol. The van der Waals surface area contributed by atoms with Gasteiger partial charge in [0, 0.05) is 18.3 Å². The number of piperidine rings is 1. The number of ether oxygens (including phenoxy) is 1. The number of aromatic amines is 1. The number of H-pyrrole nitrogens is 1. The topological polar surface area (TPSA) is 70.2 Å². The lowest BCUT2D eigenvalue weighted by molar-refractivity contribution is 0.220. The molecule has 1 aliphatic heterocycles. The molecular formula is C25H40Cl2N4O2. The van der Waals surface area contributed by atoms with E-state index in [1.807, 2.05) is 13.0 Å². The second-order valence-corrected chi connectivity index (χ2v) is 8.57. The molecule has 1 atom stereocenters. The molecule has 0 bridgehead atoms. The molecule has 2 N–H and O–H groups in total. The number of halogens is 2. The third-order valence-electron chi connectivity index (χ3n) is 6.02. The molecule has 186 valence electrons. The van der Waals surface area contributed by atoms with Crippen LogP contribution in [0.2, 0.25) is 0 Å². The predicted octanol–water partition coefficient (Wildman–Crippen LogP) is 5.20. The van der Waals surface area contributed by atoms with E-state index in [1.54, 1.807) is 0 Å². The molecule has 1 fully saturated rings. The Hall–Kier alpha value is -1.60. The van der Waals surface area contributed by atoms with Gasteiger partial charge in [0.15, 0.2) is 0 Å². The number of unbranched alkanes of at least 4 members (excludes halogenated alkanes) is 1. The summed E-state index contributed by atoms with van der Waals surface area (Å²) >= 11 is 0. The second-order valence-electron chi connectivity index (χ2n) is 8.57. The minimum atomic E-state index is -0.0390. The summed E-state index contributed by atoms with van der Waals surface area (Å²) in [6.07, 6.45) is 9.46. The highest BCUT2D eigenvalue weighted by atomic mass is 35.5. The Bertz CT molecular complexity index is 856. The van der Waals surface area contributed by atoms with Crippen LogP contribution in [0, 0.1) is 6.92 Å². The standard InChI is InChI=1S/C25H38N4O2.2ClH/c1-3-4-12-23(24-20(2)27-19-28-25(24)30)26-13-9-16-31-22-11-8-10-21(17-22)18-29-14-6-5-7-15-29;;/h8,10-11,17,19,23,26H,3-7,9,12-16,18H2,1-2H3,(H,27,28,30);2*1H. The Morgan fingerprint density at radius 2 is 1.97 bits per heavy atom. The maximum Gasteiger partial charge on any atom is 0.255 e. The van der Waals surface area contributed by atoms with Gasteiger partial charge < -0.3 is 15.0 Å². The van der Waals surface area contributed by atoms with Crippen LogP contribution < -0.4 is 15.6 Å². The molecule has 0 aliphatic carbocycles. The summed E-state index contributed by atoms with van der Waals surface area (Å²) in [6, 6.07) is 8.52. The third-order valence-corrected chi connectivity index (χ3v) is 6.02. The summed E-state index contributed by atoms with van der Waals surface area (Å²) in [5.41, 5.74) is 2.85.